The first-order valence-electron chi connectivity index (χ1n) is 10.4. The Hall–Kier alpha value is -2.22. The van der Waals surface area contributed by atoms with Gasteiger partial charge in [-0.3, -0.25) is 4.79 Å². The second-order valence-corrected chi connectivity index (χ2v) is 9.43. The number of nitrogens with zero attached hydrogens (tertiary/aromatic N) is 3. The van der Waals surface area contributed by atoms with Crippen LogP contribution in [0.15, 0.2) is 47.2 Å². The number of piperidine rings is 1. The molecule has 7 heteroatoms. The van der Waals surface area contributed by atoms with Crippen LogP contribution in [0.2, 0.25) is 0 Å². The van der Waals surface area contributed by atoms with Gasteiger partial charge in [0, 0.05) is 47.6 Å². The van der Waals surface area contributed by atoms with E-state index in [4.69, 9.17) is 0 Å². The smallest absolute Gasteiger partial charge is 0.274 e. The molecule has 2 aliphatic rings. The summed E-state index contributed by atoms with van der Waals surface area (Å²) in [5, 5.41) is 13.8. The number of fused-ring (bicyclic) bond motifs is 2. The van der Waals surface area contributed by atoms with E-state index < -0.39 is 6.10 Å². The number of rotatable bonds is 2. The molecule has 5 rings (SSSR count). The number of aromatic nitrogens is 2. The largest absolute Gasteiger partial charge is 0.389 e. The molecule has 4 heterocycles. The summed E-state index contributed by atoms with van der Waals surface area (Å²) in [5.41, 5.74) is 4.63. The number of likely N-dealkylation sites (tertiary alicyclic amines) is 1. The van der Waals surface area contributed by atoms with Crippen molar-refractivity contribution < 1.29 is 9.90 Å². The fraction of sp³-hybridized carbons (Fsp3) is 0.391. The van der Waals surface area contributed by atoms with Crippen LogP contribution in [0.5, 0.6) is 0 Å². The van der Waals surface area contributed by atoms with Gasteiger partial charge in [-0.1, -0.05) is 24.3 Å². The maximum atomic E-state index is 13.2. The molecule has 1 saturated heterocycles. The Morgan fingerprint density at radius 1 is 1.23 bits per heavy atom. The van der Waals surface area contributed by atoms with E-state index in [2.05, 4.69) is 50.5 Å². The average molecular weight is 469 g/mol. The predicted octanol–water partition coefficient (Wildman–Crippen LogP) is 3.47. The molecule has 2 aromatic heterocycles. The number of carbonyl (C=O) groups excluding carboxylic acids is 1. The maximum absolute atomic E-state index is 13.2. The molecule has 0 bridgehead atoms. The van der Waals surface area contributed by atoms with Gasteiger partial charge in [-0.05, 0) is 59.3 Å². The Morgan fingerprint density at radius 2 is 1.97 bits per heavy atom. The number of halogens is 1. The van der Waals surface area contributed by atoms with Gasteiger partial charge in [0.15, 0.2) is 0 Å². The Bertz CT molecular complexity index is 1120. The zero-order chi connectivity index (χ0) is 20.9. The number of carbonyl (C=O) groups is 1. The summed E-state index contributed by atoms with van der Waals surface area (Å²) >= 11 is 3.46. The van der Waals surface area contributed by atoms with Crippen molar-refractivity contribution >= 4 is 27.5 Å². The first-order valence-corrected chi connectivity index (χ1v) is 11.2. The second kappa shape index (κ2) is 7.48. The Morgan fingerprint density at radius 3 is 2.70 bits per heavy atom. The lowest BCUT2D eigenvalue weighted by atomic mass is 9.78. The molecule has 2 aliphatic heterocycles. The number of pyridine rings is 1. The van der Waals surface area contributed by atoms with Gasteiger partial charge in [-0.25, -0.2) is 4.98 Å². The summed E-state index contributed by atoms with van der Waals surface area (Å²) in [6, 6.07) is 10.5. The minimum absolute atomic E-state index is 0.0441. The molecule has 156 valence electrons. The third-order valence-electron chi connectivity index (χ3n) is 6.52. The van der Waals surface area contributed by atoms with Gasteiger partial charge in [-0.15, -0.1) is 0 Å². The van der Waals surface area contributed by atoms with E-state index in [9.17, 15) is 9.90 Å². The van der Waals surface area contributed by atoms with Crippen molar-refractivity contribution in [1.29, 1.82) is 0 Å². The third-order valence-corrected chi connectivity index (χ3v) is 6.96. The van der Waals surface area contributed by atoms with Crippen molar-refractivity contribution in [2.45, 2.75) is 44.4 Å². The molecule has 1 amide bonds. The van der Waals surface area contributed by atoms with Gasteiger partial charge >= 0.3 is 0 Å². The summed E-state index contributed by atoms with van der Waals surface area (Å²) in [6.45, 7) is 4.04. The van der Waals surface area contributed by atoms with Gasteiger partial charge < -0.3 is 19.7 Å². The molecule has 3 aromatic rings. The molecule has 1 aromatic carbocycles. The van der Waals surface area contributed by atoms with Crippen molar-refractivity contribution in [2.75, 3.05) is 13.1 Å². The van der Waals surface area contributed by atoms with Crippen molar-refractivity contribution in [3.05, 3.63) is 69.6 Å². The van der Waals surface area contributed by atoms with Gasteiger partial charge in [0.2, 0.25) is 0 Å². The van der Waals surface area contributed by atoms with Gasteiger partial charge in [0.1, 0.15) is 11.3 Å². The highest BCUT2D eigenvalue weighted by Crippen LogP contribution is 2.32. The molecule has 1 unspecified atom stereocenters. The zero-order valence-electron chi connectivity index (χ0n) is 16.9. The SMILES string of the molecule is CC(O)c1cc(Br)cn2cc(C(=O)N3CCC4(CC3)Cc3ccccc3CN4)nc12. The Labute approximate surface area is 184 Å². The fourth-order valence-corrected chi connectivity index (χ4v) is 5.23. The topological polar surface area (TPSA) is 69.9 Å². The first kappa shape index (κ1) is 19.7. The van der Waals surface area contributed by atoms with E-state index in [0.717, 1.165) is 43.4 Å². The Kier molecular flexibility index (Phi) is 4.92. The van der Waals surface area contributed by atoms with Crippen LogP contribution >= 0.6 is 15.9 Å². The highest BCUT2D eigenvalue weighted by atomic mass is 79.9. The number of aliphatic hydroxyl groups excluding tert-OH is 1. The lowest BCUT2D eigenvalue weighted by Crippen LogP contribution is -2.57. The monoisotopic (exact) mass is 468 g/mol. The van der Waals surface area contributed by atoms with Gasteiger partial charge in [-0.2, -0.15) is 0 Å². The molecule has 1 spiro atoms. The number of benzene rings is 1. The molecule has 1 atom stereocenters. The Balaban J connectivity index is 1.33. The molecular formula is C23H25BrN4O2. The van der Waals surface area contributed by atoms with Gasteiger partial charge in [0.05, 0.1) is 6.10 Å². The zero-order valence-corrected chi connectivity index (χ0v) is 18.5. The summed E-state index contributed by atoms with van der Waals surface area (Å²) in [4.78, 5) is 19.6. The molecule has 2 N–H and O–H groups in total. The lowest BCUT2D eigenvalue weighted by molar-refractivity contribution is 0.0626. The minimum atomic E-state index is -0.662. The van der Waals surface area contributed by atoms with E-state index in [1.54, 1.807) is 13.1 Å². The van der Waals surface area contributed by atoms with E-state index in [1.165, 1.54) is 11.1 Å². The van der Waals surface area contributed by atoms with E-state index in [1.807, 2.05) is 21.6 Å². The van der Waals surface area contributed by atoms with Crippen LogP contribution < -0.4 is 5.32 Å². The van der Waals surface area contributed by atoms with Crippen molar-refractivity contribution in [3.63, 3.8) is 0 Å². The van der Waals surface area contributed by atoms with Crippen LogP contribution in [-0.4, -0.2) is 43.9 Å². The average Bonchev–Trinajstić information content (AvgIpc) is 3.17. The number of amides is 1. The molecule has 1 fully saturated rings. The highest BCUT2D eigenvalue weighted by molar-refractivity contribution is 9.10. The number of aliphatic hydroxyl groups is 1. The maximum Gasteiger partial charge on any atom is 0.274 e. The van der Waals surface area contributed by atoms with E-state index in [-0.39, 0.29) is 11.4 Å². The van der Waals surface area contributed by atoms with Crippen LogP contribution in [0.3, 0.4) is 0 Å². The first-order chi connectivity index (χ1) is 14.4. The van der Waals surface area contributed by atoms with Crippen LogP contribution in [0.25, 0.3) is 5.65 Å². The van der Waals surface area contributed by atoms with E-state index >= 15 is 0 Å². The minimum Gasteiger partial charge on any atom is -0.389 e. The summed E-state index contributed by atoms with van der Waals surface area (Å²) in [6.07, 6.45) is 5.85. The quantitative estimate of drug-likeness (QED) is 0.603. The molecule has 0 radical (unpaired) electrons. The normalized spacial score (nSPS) is 19.1. The summed E-state index contributed by atoms with van der Waals surface area (Å²) in [7, 11) is 0. The van der Waals surface area contributed by atoms with Crippen LogP contribution in [0.1, 0.15) is 53.0 Å². The number of hydrogen-bond donors (Lipinski definition) is 2. The molecule has 30 heavy (non-hydrogen) atoms. The molecule has 0 saturated carbocycles. The van der Waals surface area contributed by atoms with Crippen LogP contribution in [0, 0.1) is 0 Å². The lowest BCUT2D eigenvalue weighted by Gasteiger charge is -2.45. The van der Waals surface area contributed by atoms with E-state index in [0.29, 0.717) is 16.9 Å². The van der Waals surface area contributed by atoms with Crippen molar-refractivity contribution in [3.8, 4) is 0 Å². The predicted molar refractivity (Wildman–Crippen MR) is 118 cm³/mol. The van der Waals surface area contributed by atoms with Crippen LogP contribution in [-0.2, 0) is 13.0 Å². The van der Waals surface area contributed by atoms with Crippen molar-refractivity contribution in [2.24, 2.45) is 0 Å². The number of nitrogens with one attached hydrogen (secondary N) is 1. The number of imidazole rings is 1. The molecular weight excluding hydrogens is 444 g/mol. The number of hydrogen-bond acceptors (Lipinski definition) is 4. The van der Waals surface area contributed by atoms with Crippen molar-refractivity contribution in [1.82, 2.24) is 19.6 Å². The third kappa shape index (κ3) is 3.45. The highest BCUT2D eigenvalue weighted by Gasteiger charge is 2.38. The fourth-order valence-electron chi connectivity index (χ4n) is 4.76. The summed E-state index contributed by atoms with van der Waals surface area (Å²) < 4.78 is 2.65. The summed E-state index contributed by atoms with van der Waals surface area (Å²) in [5.74, 6) is -0.0441. The molecule has 6 nitrogen and oxygen atoms in total. The van der Waals surface area contributed by atoms with Crippen LogP contribution in [0.4, 0.5) is 0 Å². The van der Waals surface area contributed by atoms with Gasteiger partial charge in [0.25, 0.3) is 5.91 Å². The standard InChI is InChI=1S/C23H25BrN4O2/c1-15(29)19-10-18(24)13-28-14-20(26-21(19)28)22(30)27-8-6-23(7-9-27)11-16-4-2-3-5-17(16)12-25-23/h2-5,10,13-15,25,29H,6-9,11-12H2,1H3. The molecule has 0 aliphatic carbocycles. The second-order valence-electron chi connectivity index (χ2n) is 8.52.